The van der Waals surface area contributed by atoms with Crippen molar-refractivity contribution >= 4 is 22.8 Å². The number of aryl methyl sites for hydroxylation is 1. The van der Waals surface area contributed by atoms with Crippen LogP contribution in [0.2, 0.25) is 0 Å². The minimum atomic E-state index is -0.232. The number of hydrogen-bond acceptors (Lipinski definition) is 4. The number of carbonyl (C=O) groups is 1. The van der Waals surface area contributed by atoms with Crippen LogP contribution in [0, 0.1) is 6.92 Å². The lowest BCUT2D eigenvalue weighted by Gasteiger charge is -2.12. The van der Waals surface area contributed by atoms with E-state index in [9.17, 15) is 4.79 Å². The number of amides is 1. The van der Waals surface area contributed by atoms with Crippen molar-refractivity contribution in [1.29, 1.82) is 0 Å². The molecule has 1 aromatic carbocycles. The first-order valence-electron chi connectivity index (χ1n) is 9.21. The van der Waals surface area contributed by atoms with Crippen molar-refractivity contribution in [2.75, 3.05) is 5.32 Å². The summed E-state index contributed by atoms with van der Waals surface area (Å²) in [6.45, 7) is 6.12. The maximum absolute atomic E-state index is 13.1. The summed E-state index contributed by atoms with van der Waals surface area (Å²) < 4.78 is 1.84. The van der Waals surface area contributed by atoms with Gasteiger partial charge in [-0.2, -0.15) is 5.10 Å². The van der Waals surface area contributed by atoms with Crippen molar-refractivity contribution in [3.8, 4) is 11.3 Å². The Balaban J connectivity index is 1.89. The number of rotatable bonds is 4. The van der Waals surface area contributed by atoms with Crippen LogP contribution in [0.15, 0.2) is 60.9 Å². The van der Waals surface area contributed by atoms with Crippen LogP contribution in [0.4, 0.5) is 5.82 Å². The lowest BCUT2D eigenvalue weighted by molar-refractivity contribution is 0.102. The van der Waals surface area contributed by atoms with Gasteiger partial charge in [0.1, 0.15) is 5.82 Å². The Kier molecular flexibility index (Phi) is 4.61. The van der Waals surface area contributed by atoms with Gasteiger partial charge in [0.25, 0.3) is 5.91 Å². The Morgan fingerprint density at radius 3 is 2.61 bits per heavy atom. The highest BCUT2D eigenvalue weighted by Gasteiger charge is 2.19. The van der Waals surface area contributed by atoms with Crippen molar-refractivity contribution in [3.05, 3.63) is 72.1 Å². The van der Waals surface area contributed by atoms with E-state index in [4.69, 9.17) is 4.98 Å². The molecule has 3 aromatic heterocycles. The van der Waals surface area contributed by atoms with E-state index in [1.807, 2.05) is 67.9 Å². The standard InChI is InChI=1S/C22H21N5O/c1-14(2)27-21-18(13-24-27)17(22(28)26-20-10-6-7-11-23-20)12-19(25-21)16-9-5-4-8-15(16)3/h4-14H,1-3H3,(H,23,26,28). The molecule has 4 aromatic rings. The fraction of sp³-hybridized carbons (Fsp3) is 0.182. The number of hydrogen-bond donors (Lipinski definition) is 1. The molecule has 0 saturated carbocycles. The number of fused-ring (bicyclic) bond motifs is 1. The number of anilines is 1. The molecule has 0 radical (unpaired) electrons. The topological polar surface area (TPSA) is 72.7 Å². The van der Waals surface area contributed by atoms with Crippen LogP contribution in [-0.2, 0) is 0 Å². The van der Waals surface area contributed by atoms with Gasteiger partial charge in [0.05, 0.1) is 22.8 Å². The van der Waals surface area contributed by atoms with E-state index >= 15 is 0 Å². The van der Waals surface area contributed by atoms with Gasteiger partial charge in [0.15, 0.2) is 5.65 Å². The molecule has 6 heteroatoms. The molecule has 0 fully saturated rings. The molecule has 6 nitrogen and oxygen atoms in total. The average molecular weight is 371 g/mol. The second-order valence-corrected chi connectivity index (χ2v) is 6.96. The highest BCUT2D eigenvalue weighted by Crippen LogP contribution is 2.28. The van der Waals surface area contributed by atoms with E-state index in [-0.39, 0.29) is 11.9 Å². The first-order valence-corrected chi connectivity index (χ1v) is 9.21. The van der Waals surface area contributed by atoms with Gasteiger partial charge < -0.3 is 5.32 Å². The summed E-state index contributed by atoms with van der Waals surface area (Å²) in [6, 6.07) is 15.4. The molecule has 28 heavy (non-hydrogen) atoms. The summed E-state index contributed by atoms with van der Waals surface area (Å²) in [4.78, 5) is 22.1. The molecular weight excluding hydrogens is 350 g/mol. The summed E-state index contributed by atoms with van der Waals surface area (Å²) in [5.41, 5.74) is 4.07. The Hall–Kier alpha value is -3.54. The zero-order chi connectivity index (χ0) is 19.7. The third-order valence-electron chi connectivity index (χ3n) is 4.63. The number of pyridine rings is 2. The predicted octanol–water partition coefficient (Wildman–Crippen LogP) is 4.63. The zero-order valence-corrected chi connectivity index (χ0v) is 16.0. The van der Waals surface area contributed by atoms with Crippen molar-refractivity contribution in [2.45, 2.75) is 26.8 Å². The molecule has 0 bridgehead atoms. The summed E-state index contributed by atoms with van der Waals surface area (Å²) in [5, 5.41) is 8.05. The molecule has 4 rings (SSSR count). The lowest BCUT2D eigenvalue weighted by Crippen LogP contribution is -2.14. The van der Waals surface area contributed by atoms with Crippen molar-refractivity contribution in [3.63, 3.8) is 0 Å². The monoisotopic (exact) mass is 371 g/mol. The first-order chi connectivity index (χ1) is 13.5. The zero-order valence-electron chi connectivity index (χ0n) is 16.0. The highest BCUT2D eigenvalue weighted by molar-refractivity contribution is 6.12. The van der Waals surface area contributed by atoms with E-state index in [0.29, 0.717) is 17.0 Å². The maximum atomic E-state index is 13.1. The first kappa shape index (κ1) is 17.9. The smallest absolute Gasteiger partial charge is 0.257 e. The third kappa shape index (κ3) is 3.24. The number of nitrogens with one attached hydrogen (secondary N) is 1. The number of aromatic nitrogens is 4. The van der Waals surface area contributed by atoms with Crippen LogP contribution in [0.1, 0.15) is 35.8 Å². The summed E-state index contributed by atoms with van der Waals surface area (Å²) >= 11 is 0. The van der Waals surface area contributed by atoms with Crippen molar-refractivity contribution < 1.29 is 4.79 Å². The third-order valence-corrected chi connectivity index (χ3v) is 4.63. The molecule has 140 valence electrons. The second kappa shape index (κ2) is 7.23. The molecule has 0 unspecified atom stereocenters. The average Bonchev–Trinajstić information content (AvgIpc) is 3.12. The minimum absolute atomic E-state index is 0.129. The molecule has 3 heterocycles. The van der Waals surface area contributed by atoms with Crippen LogP contribution < -0.4 is 5.32 Å². The molecule has 0 spiro atoms. The van der Waals surface area contributed by atoms with Crippen molar-refractivity contribution in [1.82, 2.24) is 19.7 Å². The number of carbonyl (C=O) groups excluding carboxylic acids is 1. The molecule has 0 aliphatic heterocycles. The Morgan fingerprint density at radius 2 is 1.89 bits per heavy atom. The quantitative estimate of drug-likeness (QED) is 0.567. The van der Waals surface area contributed by atoms with Gasteiger partial charge in [-0.05, 0) is 44.5 Å². The van der Waals surface area contributed by atoms with E-state index in [1.165, 1.54) is 0 Å². The summed E-state index contributed by atoms with van der Waals surface area (Å²) in [5.74, 6) is 0.274. The molecule has 0 atom stereocenters. The van der Waals surface area contributed by atoms with Crippen LogP contribution in [0.3, 0.4) is 0 Å². The van der Waals surface area contributed by atoms with Crippen LogP contribution >= 0.6 is 0 Å². The van der Waals surface area contributed by atoms with Crippen molar-refractivity contribution in [2.24, 2.45) is 0 Å². The molecule has 0 saturated heterocycles. The van der Waals surface area contributed by atoms with Crippen LogP contribution in [-0.4, -0.2) is 25.7 Å². The molecule has 1 amide bonds. The van der Waals surface area contributed by atoms with E-state index < -0.39 is 0 Å². The van der Waals surface area contributed by atoms with Crippen LogP contribution in [0.25, 0.3) is 22.3 Å². The Labute approximate surface area is 163 Å². The molecule has 0 aliphatic carbocycles. The van der Waals surface area contributed by atoms with Gasteiger partial charge in [-0.1, -0.05) is 30.3 Å². The largest absolute Gasteiger partial charge is 0.307 e. The number of nitrogens with zero attached hydrogens (tertiary/aromatic N) is 4. The van der Waals surface area contributed by atoms with Gasteiger partial charge in [-0.15, -0.1) is 0 Å². The van der Waals surface area contributed by atoms with Gasteiger partial charge in [0, 0.05) is 17.8 Å². The highest BCUT2D eigenvalue weighted by atomic mass is 16.1. The van der Waals surface area contributed by atoms with E-state index in [0.717, 1.165) is 22.2 Å². The minimum Gasteiger partial charge on any atom is -0.307 e. The molecule has 1 N–H and O–H groups in total. The van der Waals surface area contributed by atoms with E-state index in [1.54, 1.807) is 18.5 Å². The second-order valence-electron chi connectivity index (χ2n) is 6.96. The Bertz CT molecular complexity index is 1150. The maximum Gasteiger partial charge on any atom is 0.257 e. The molecule has 0 aliphatic rings. The Morgan fingerprint density at radius 1 is 1.11 bits per heavy atom. The van der Waals surface area contributed by atoms with E-state index in [2.05, 4.69) is 15.4 Å². The fourth-order valence-electron chi connectivity index (χ4n) is 3.20. The summed E-state index contributed by atoms with van der Waals surface area (Å²) in [6.07, 6.45) is 3.35. The molecular formula is C22H21N5O. The predicted molar refractivity (Wildman–Crippen MR) is 110 cm³/mol. The van der Waals surface area contributed by atoms with Gasteiger partial charge in [0.2, 0.25) is 0 Å². The SMILES string of the molecule is Cc1ccccc1-c1cc(C(=O)Nc2ccccn2)c2cnn(C(C)C)c2n1. The van der Waals surface area contributed by atoms with Gasteiger partial charge in [-0.25, -0.2) is 14.6 Å². The number of benzene rings is 1. The van der Waals surface area contributed by atoms with Gasteiger partial charge in [-0.3, -0.25) is 4.79 Å². The normalized spacial score (nSPS) is 11.1. The lowest BCUT2D eigenvalue weighted by atomic mass is 10.0. The summed E-state index contributed by atoms with van der Waals surface area (Å²) in [7, 11) is 0. The fourth-order valence-corrected chi connectivity index (χ4v) is 3.20. The van der Waals surface area contributed by atoms with Crippen LogP contribution in [0.5, 0.6) is 0 Å². The van der Waals surface area contributed by atoms with Gasteiger partial charge >= 0.3 is 0 Å².